The number of nitrogens with zero attached hydrogens (tertiary/aromatic N) is 3. The molecule has 3 aromatic carbocycles. The van der Waals surface area contributed by atoms with Crippen LogP contribution in [0.25, 0.3) is 23.2 Å². The van der Waals surface area contributed by atoms with E-state index >= 15 is 0 Å². The highest BCUT2D eigenvalue weighted by Gasteiger charge is 2.05. The second-order valence-electron chi connectivity index (χ2n) is 7.00. The van der Waals surface area contributed by atoms with Crippen LogP contribution in [0.2, 0.25) is 0 Å². The van der Waals surface area contributed by atoms with Gasteiger partial charge in [-0.05, 0) is 54.6 Å². The molecule has 1 N–H and O–H groups in total. The third-order valence-electron chi connectivity index (χ3n) is 4.78. The maximum Gasteiger partial charge on any atom is 0.129 e. The summed E-state index contributed by atoms with van der Waals surface area (Å²) >= 11 is 0. The lowest BCUT2D eigenvalue weighted by atomic mass is 10.2. The summed E-state index contributed by atoms with van der Waals surface area (Å²) < 4.78 is 7.96. The summed E-state index contributed by atoms with van der Waals surface area (Å²) in [5.41, 5.74) is 3.84. The van der Waals surface area contributed by atoms with Crippen LogP contribution in [0.15, 0.2) is 103 Å². The molecule has 0 saturated carbocycles. The van der Waals surface area contributed by atoms with Gasteiger partial charge in [-0.3, -0.25) is 4.98 Å². The molecule has 2 heterocycles. The molecule has 0 fully saturated rings. The molecule has 0 spiro atoms. The molecular formula is C26H20N4O. The van der Waals surface area contributed by atoms with E-state index in [4.69, 9.17) is 4.74 Å². The zero-order valence-electron chi connectivity index (χ0n) is 16.7. The summed E-state index contributed by atoms with van der Waals surface area (Å²) in [7, 11) is 0. The van der Waals surface area contributed by atoms with Crippen LogP contribution < -0.4 is 10.1 Å². The molecule has 5 aromatic rings. The van der Waals surface area contributed by atoms with E-state index in [9.17, 15) is 0 Å². The molecule has 150 valence electrons. The molecule has 0 unspecified atom stereocenters. The number of aromatic nitrogens is 3. The smallest absolute Gasteiger partial charge is 0.129 e. The van der Waals surface area contributed by atoms with E-state index in [0.717, 1.165) is 39.5 Å². The van der Waals surface area contributed by atoms with Crippen LogP contribution in [0.3, 0.4) is 0 Å². The first-order valence-electron chi connectivity index (χ1n) is 10.00. The van der Waals surface area contributed by atoms with Crippen LogP contribution in [0, 0.1) is 0 Å². The van der Waals surface area contributed by atoms with Crippen molar-refractivity contribution in [3.8, 4) is 11.5 Å². The number of anilines is 2. The quantitative estimate of drug-likeness (QED) is 0.347. The average molecular weight is 404 g/mol. The summed E-state index contributed by atoms with van der Waals surface area (Å²) in [6, 6.07) is 29.7. The SMILES string of the molecule is C(=Cn1ncc2ccc(Oc3cccc(Nc4ccccc4)c3)cc21)c1ccccn1. The Bertz CT molecular complexity index is 1330. The van der Waals surface area contributed by atoms with E-state index in [2.05, 4.69) is 15.4 Å². The zero-order chi connectivity index (χ0) is 20.9. The Balaban J connectivity index is 1.37. The first kappa shape index (κ1) is 18.6. The lowest BCUT2D eigenvalue weighted by Gasteiger charge is -2.10. The molecule has 5 heteroatoms. The van der Waals surface area contributed by atoms with Crippen molar-refractivity contribution in [2.75, 3.05) is 5.32 Å². The minimum Gasteiger partial charge on any atom is -0.457 e. The van der Waals surface area contributed by atoms with Gasteiger partial charge in [0.15, 0.2) is 0 Å². The summed E-state index contributed by atoms with van der Waals surface area (Å²) in [6.45, 7) is 0. The van der Waals surface area contributed by atoms with Crippen molar-refractivity contribution in [3.63, 3.8) is 0 Å². The number of pyridine rings is 1. The Morgan fingerprint density at radius 1 is 0.774 bits per heavy atom. The predicted molar refractivity (Wildman–Crippen MR) is 125 cm³/mol. The molecule has 0 radical (unpaired) electrons. The van der Waals surface area contributed by atoms with Gasteiger partial charge in [-0.25, -0.2) is 4.68 Å². The van der Waals surface area contributed by atoms with Gasteiger partial charge in [0.2, 0.25) is 0 Å². The molecule has 31 heavy (non-hydrogen) atoms. The summed E-state index contributed by atoms with van der Waals surface area (Å²) in [5, 5.41) is 8.88. The number of hydrogen-bond donors (Lipinski definition) is 1. The van der Waals surface area contributed by atoms with Gasteiger partial charge >= 0.3 is 0 Å². The van der Waals surface area contributed by atoms with Crippen LogP contribution in [-0.2, 0) is 0 Å². The predicted octanol–water partition coefficient (Wildman–Crippen LogP) is 6.60. The minimum atomic E-state index is 0.748. The maximum absolute atomic E-state index is 6.13. The van der Waals surface area contributed by atoms with Crippen molar-refractivity contribution >= 4 is 34.6 Å². The Morgan fingerprint density at radius 3 is 2.48 bits per heavy atom. The highest BCUT2D eigenvalue weighted by atomic mass is 16.5. The first-order valence-corrected chi connectivity index (χ1v) is 10.00. The molecular weight excluding hydrogens is 384 g/mol. The normalized spacial score (nSPS) is 11.1. The number of hydrogen-bond acceptors (Lipinski definition) is 4. The zero-order valence-corrected chi connectivity index (χ0v) is 16.7. The van der Waals surface area contributed by atoms with Gasteiger partial charge in [0.25, 0.3) is 0 Å². The lowest BCUT2D eigenvalue weighted by Crippen LogP contribution is -1.92. The van der Waals surface area contributed by atoms with Crippen molar-refractivity contribution in [1.29, 1.82) is 0 Å². The Hall–Kier alpha value is -4.38. The highest BCUT2D eigenvalue weighted by Crippen LogP contribution is 2.28. The average Bonchev–Trinajstić information content (AvgIpc) is 3.22. The summed E-state index contributed by atoms with van der Waals surface area (Å²) in [5.74, 6) is 1.51. The molecule has 0 aliphatic carbocycles. The lowest BCUT2D eigenvalue weighted by molar-refractivity contribution is 0.483. The Labute approximate surface area is 180 Å². The van der Waals surface area contributed by atoms with Gasteiger partial charge in [-0.15, -0.1) is 0 Å². The van der Waals surface area contributed by atoms with Crippen LogP contribution in [0.5, 0.6) is 11.5 Å². The van der Waals surface area contributed by atoms with Gasteiger partial charge in [-0.2, -0.15) is 5.10 Å². The molecule has 0 atom stereocenters. The number of nitrogens with one attached hydrogen (secondary N) is 1. The second kappa shape index (κ2) is 8.55. The number of rotatable bonds is 6. The summed E-state index contributed by atoms with van der Waals surface area (Å²) in [6.07, 6.45) is 7.44. The van der Waals surface area contributed by atoms with E-state index < -0.39 is 0 Å². The molecule has 5 nitrogen and oxygen atoms in total. The summed E-state index contributed by atoms with van der Waals surface area (Å²) in [4.78, 5) is 4.31. The molecule has 0 aliphatic heterocycles. The van der Waals surface area contributed by atoms with Crippen LogP contribution >= 0.6 is 0 Å². The number of fused-ring (bicyclic) bond motifs is 1. The fourth-order valence-corrected chi connectivity index (χ4v) is 3.28. The van der Waals surface area contributed by atoms with E-state index in [1.54, 1.807) is 6.20 Å². The van der Waals surface area contributed by atoms with Crippen molar-refractivity contribution in [2.24, 2.45) is 0 Å². The fourth-order valence-electron chi connectivity index (χ4n) is 3.28. The molecule has 2 aromatic heterocycles. The van der Waals surface area contributed by atoms with Gasteiger partial charge in [0.05, 0.1) is 17.4 Å². The maximum atomic E-state index is 6.13. The van der Waals surface area contributed by atoms with Crippen molar-refractivity contribution < 1.29 is 4.74 Å². The topological polar surface area (TPSA) is 52.0 Å². The number of ether oxygens (including phenoxy) is 1. The van der Waals surface area contributed by atoms with Gasteiger partial charge in [0, 0.05) is 41.3 Å². The van der Waals surface area contributed by atoms with Crippen molar-refractivity contribution in [3.05, 3.63) is 109 Å². The molecule has 0 bridgehead atoms. The number of para-hydroxylation sites is 1. The first-order chi connectivity index (χ1) is 15.3. The van der Waals surface area contributed by atoms with E-state index in [1.807, 2.05) is 114 Å². The largest absolute Gasteiger partial charge is 0.457 e. The second-order valence-corrected chi connectivity index (χ2v) is 7.00. The van der Waals surface area contributed by atoms with E-state index in [-0.39, 0.29) is 0 Å². The van der Waals surface area contributed by atoms with Gasteiger partial charge in [0.1, 0.15) is 11.5 Å². The van der Waals surface area contributed by atoms with Gasteiger partial charge in [-0.1, -0.05) is 30.3 Å². The highest BCUT2D eigenvalue weighted by molar-refractivity contribution is 5.83. The van der Waals surface area contributed by atoms with Crippen molar-refractivity contribution in [2.45, 2.75) is 0 Å². The Kier molecular flexibility index (Phi) is 5.14. The molecule has 0 saturated heterocycles. The fraction of sp³-hybridized carbons (Fsp3) is 0. The van der Waals surface area contributed by atoms with E-state index in [0.29, 0.717) is 0 Å². The standard InChI is InChI=1S/C26H20N4O/c1-2-8-22(9-3-1)29-23-10-6-11-24(17-23)31-25-13-12-20-19-28-30(26(20)18-25)16-14-21-7-4-5-15-27-21/h1-19,29H. The third-order valence-corrected chi connectivity index (χ3v) is 4.78. The Morgan fingerprint density at radius 2 is 1.61 bits per heavy atom. The van der Waals surface area contributed by atoms with Crippen LogP contribution in [0.1, 0.15) is 5.69 Å². The van der Waals surface area contributed by atoms with E-state index in [1.165, 1.54) is 0 Å². The number of benzene rings is 3. The molecule has 5 rings (SSSR count). The van der Waals surface area contributed by atoms with Gasteiger partial charge < -0.3 is 10.1 Å². The van der Waals surface area contributed by atoms with Crippen LogP contribution in [0.4, 0.5) is 11.4 Å². The molecule has 0 aliphatic rings. The minimum absolute atomic E-state index is 0.748. The monoisotopic (exact) mass is 404 g/mol. The molecule has 0 amide bonds. The van der Waals surface area contributed by atoms with Crippen molar-refractivity contribution in [1.82, 2.24) is 14.8 Å². The third kappa shape index (κ3) is 4.46. The van der Waals surface area contributed by atoms with Crippen LogP contribution in [-0.4, -0.2) is 14.8 Å².